The van der Waals surface area contributed by atoms with Gasteiger partial charge in [0.1, 0.15) is 11.7 Å². The highest BCUT2D eigenvalue weighted by molar-refractivity contribution is 7.17. The van der Waals surface area contributed by atoms with Gasteiger partial charge >= 0.3 is 5.97 Å². The van der Waals surface area contributed by atoms with Gasteiger partial charge in [0.15, 0.2) is 5.78 Å². The summed E-state index contributed by atoms with van der Waals surface area (Å²) in [6.45, 7) is 0. The van der Waals surface area contributed by atoms with Crippen LogP contribution in [0.5, 0.6) is 0 Å². The number of nitrogens with two attached hydrogens (primary N) is 2. The summed E-state index contributed by atoms with van der Waals surface area (Å²) in [5.74, 6) is -4.71. The molecule has 1 unspecified atom stereocenters. The third kappa shape index (κ3) is 4.03. The van der Waals surface area contributed by atoms with E-state index in [1.165, 1.54) is 18.2 Å². The van der Waals surface area contributed by atoms with Gasteiger partial charge in [0, 0.05) is 4.88 Å². The fraction of sp³-hybridized carbons (Fsp3) is 0.188. The van der Waals surface area contributed by atoms with Gasteiger partial charge in [-0.25, -0.2) is 4.39 Å². The Kier molecular flexibility index (Phi) is 5.42. The summed E-state index contributed by atoms with van der Waals surface area (Å²) in [5.41, 5.74) is 11.2. The predicted molar refractivity (Wildman–Crippen MR) is 87.0 cm³/mol. The minimum Gasteiger partial charge on any atom is -0.481 e. The van der Waals surface area contributed by atoms with Gasteiger partial charge in [-0.2, -0.15) is 0 Å². The first-order valence-electron chi connectivity index (χ1n) is 6.97. The molecule has 8 heteroatoms. The Morgan fingerprint density at radius 1 is 1.12 bits per heavy atom. The quantitative estimate of drug-likeness (QED) is 0.517. The molecule has 2 atom stereocenters. The third-order valence-electron chi connectivity index (χ3n) is 3.45. The first kappa shape index (κ1) is 17.8. The molecule has 1 aromatic heterocycles. The van der Waals surface area contributed by atoms with Crippen LogP contribution in [0.4, 0.5) is 4.39 Å². The van der Waals surface area contributed by atoms with E-state index in [-0.39, 0.29) is 17.1 Å². The Morgan fingerprint density at radius 2 is 1.75 bits per heavy atom. The number of primary amides is 1. The molecule has 0 radical (unpaired) electrons. The van der Waals surface area contributed by atoms with Gasteiger partial charge in [-0.05, 0) is 36.2 Å². The van der Waals surface area contributed by atoms with Crippen molar-refractivity contribution in [1.82, 2.24) is 0 Å². The van der Waals surface area contributed by atoms with Crippen LogP contribution in [0.2, 0.25) is 0 Å². The van der Waals surface area contributed by atoms with Crippen molar-refractivity contribution < 1.29 is 23.9 Å². The normalized spacial score (nSPS) is 13.2. The van der Waals surface area contributed by atoms with Crippen LogP contribution in [-0.2, 0) is 9.59 Å². The van der Waals surface area contributed by atoms with Gasteiger partial charge in [0.2, 0.25) is 5.91 Å². The maximum Gasteiger partial charge on any atom is 0.314 e. The number of benzene rings is 1. The Bertz CT molecular complexity index is 773. The zero-order valence-corrected chi connectivity index (χ0v) is 13.3. The molecule has 0 aliphatic heterocycles. The first-order valence-corrected chi connectivity index (χ1v) is 7.79. The zero-order valence-electron chi connectivity index (χ0n) is 12.4. The van der Waals surface area contributed by atoms with Crippen molar-refractivity contribution in [1.29, 1.82) is 0 Å². The summed E-state index contributed by atoms with van der Waals surface area (Å²) >= 11 is 1.09. The minimum atomic E-state index is -1.45. The highest BCUT2D eigenvalue weighted by atomic mass is 32.1. The number of carbonyl (C=O) groups excluding carboxylic acids is 2. The number of ketones is 1. The van der Waals surface area contributed by atoms with E-state index in [1.807, 2.05) is 0 Å². The summed E-state index contributed by atoms with van der Waals surface area (Å²) < 4.78 is 13.0. The average Bonchev–Trinajstić information content (AvgIpc) is 3.01. The third-order valence-corrected chi connectivity index (χ3v) is 4.60. The van der Waals surface area contributed by atoms with E-state index in [9.17, 15) is 23.9 Å². The Labute approximate surface area is 140 Å². The lowest BCUT2D eigenvalue weighted by molar-refractivity contribution is -0.140. The fourth-order valence-corrected chi connectivity index (χ4v) is 3.11. The molecule has 0 aliphatic carbocycles. The molecule has 126 valence electrons. The van der Waals surface area contributed by atoms with Crippen molar-refractivity contribution in [3.8, 4) is 10.4 Å². The molecule has 0 bridgehead atoms. The maximum atomic E-state index is 13.0. The number of amides is 1. The second-order valence-electron chi connectivity index (χ2n) is 5.17. The summed E-state index contributed by atoms with van der Waals surface area (Å²) in [4.78, 5) is 35.6. The molecular formula is C16H15FN2O4S. The summed E-state index contributed by atoms with van der Waals surface area (Å²) in [6.07, 6.45) is -0.368. The van der Waals surface area contributed by atoms with Gasteiger partial charge < -0.3 is 16.6 Å². The Balaban J connectivity index is 2.23. The van der Waals surface area contributed by atoms with Crippen molar-refractivity contribution in [3.63, 3.8) is 0 Å². The monoisotopic (exact) mass is 350 g/mol. The van der Waals surface area contributed by atoms with E-state index in [4.69, 9.17) is 11.5 Å². The molecule has 0 fully saturated rings. The molecule has 6 nitrogen and oxygen atoms in total. The zero-order chi connectivity index (χ0) is 17.9. The van der Waals surface area contributed by atoms with E-state index in [0.29, 0.717) is 10.4 Å². The predicted octanol–water partition coefficient (Wildman–Crippen LogP) is 1.64. The van der Waals surface area contributed by atoms with E-state index in [1.54, 1.807) is 18.2 Å². The van der Waals surface area contributed by atoms with E-state index in [0.717, 1.165) is 11.3 Å². The van der Waals surface area contributed by atoms with Crippen molar-refractivity contribution in [2.75, 3.05) is 0 Å². The molecule has 0 aliphatic rings. The van der Waals surface area contributed by atoms with Crippen molar-refractivity contribution in [2.24, 2.45) is 17.4 Å². The number of thiophene rings is 1. The van der Waals surface area contributed by atoms with Crippen LogP contribution >= 0.6 is 11.3 Å². The summed E-state index contributed by atoms with van der Waals surface area (Å²) in [5, 5.41) is 9.22. The number of Topliss-reactive ketones (excluding diaryl/α,β-unsaturated/α-hetero) is 1. The molecule has 0 spiro atoms. The average molecular weight is 350 g/mol. The summed E-state index contributed by atoms with van der Waals surface area (Å²) in [6, 6.07) is 7.65. The Hall–Kier alpha value is -2.58. The van der Waals surface area contributed by atoms with Crippen molar-refractivity contribution >= 4 is 29.0 Å². The number of halogens is 1. The highest BCUT2D eigenvalue weighted by Crippen LogP contribution is 2.30. The van der Waals surface area contributed by atoms with Gasteiger partial charge in [-0.3, -0.25) is 14.4 Å². The molecule has 2 rings (SSSR count). The van der Waals surface area contributed by atoms with Crippen LogP contribution in [-0.4, -0.2) is 28.8 Å². The molecule has 1 amide bonds. The number of aliphatic carboxylic acids is 1. The molecule has 2 aromatic rings. The maximum absolute atomic E-state index is 13.0. The standard InChI is InChI=1S/C16H15FN2O4S/c17-9-3-1-8(2-4-9)12-5-6-13(24-12)14(20)10(16(22)23)7-11(18)15(19)21/h1-6,10-11H,7,18H2,(H2,19,21)(H,22,23)/t10?,11-/m0/s1. The number of carboxylic acid groups (broad SMARTS) is 1. The van der Waals surface area contributed by atoms with Crippen LogP contribution in [0.1, 0.15) is 16.1 Å². The number of rotatable bonds is 7. The van der Waals surface area contributed by atoms with Crippen molar-refractivity contribution in [3.05, 3.63) is 47.1 Å². The van der Waals surface area contributed by atoms with E-state index < -0.39 is 29.6 Å². The van der Waals surface area contributed by atoms with Gasteiger partial charge in [-0.15, -0.1) is 11.3 Å². The highest BCUT2D eigenvalue weighted by Gasteiger charge is 2.31. The lowest BCUT2D eigenvalue weighted by Crippen LogP contribution is -2.41. The van der Waals surface area contributed by atoms with E-state index >= 15 is 0 Å². The molecule has 0 saturated heterocycles. The van der Waals surface area contributed by atoms with E-state index in [2.05, 4.69) is 0 Å². The molecule has 1 heterocycles. The number of hydrogen-bond donors (Lipinski definition) is 3. The number of carbonyl (C=O) groups is 3. The first-order chi connectivity index (χ1) is 11.3. The van der Waals surface area contributed by atoms with Crippen LogP contribution in [0.15, 0.2) is 36.4 Å². The molecule has 24 heavy (non-hydrogen) atoms. The van der Waals surface area contributed by atoms with Gasteiger partial charge in [-0.1, -0.05) is 12.1 Å². The topological polar surface area (TPSA) is 123 Å². The lowest BCUT2D eigenvalue weighted by Gasteiger charge is -2.13. The lowest BCUT2D eigenvalue weighted by atomic mass is 9.94. The second-order valence-corrected chi connectivity index (χ2v) is 6.25. The molecule has 0 saturated carbocycles. The smallest absolute Gasteiger partial charge is 0.314 e. The summed E-state index contributed by atoms with van der Waals surface area (Å²) in [7, 11) is 0. The minimum absolute atomic E-state index is 0.221. The van der Waals surface area contributed by atoms with Crippen LogP contribution in [0.3, 0.4) is 0 Å². The fourth-order valence-electron chi connectivity index (χ4n) is 2.10. The number of carboxylic acids is 1. The molecular weight excluding hydrogens is 335 g/mol. The van der Waals surface area contributed by atoms with Crippen LogP contribution in [0, 0.1) is 11.7 Å². The SMILES string of the molecule is NC(=O)[C@@H](N)CC(C(=O)O)C(=O)c1ccc(-c2ccc(F)cc2)s1. The molecule has 5 N–H and O–H groups in total. The molecule has 1 aromatic carbocycles. The van der Waals surface area contributed by atoms with Gasteiger partial charge in [0.25, 0.3) is 0 Å². The largest absolute Gasteiger partial charge is 0.481 e. The number of hydrogen-bond acceptors (Lipinski definition) is 5. The van der Waals surface area contributed by atoms with Crippen LogP contribution in [0.25, 0.3) is 10.4 Å². The van der Waals surface area contributed by atoms with Crippen LogP contribution < -0.4 is 11.5 Å². The van der Waals surface area contributed by atoms with Crippen molar-refractivity contribution in [2.45, 2.75) is 12.5 Å². The second kappa shape index (κ2) is 7.33. The van der Waals surface area contributed by atoms with Gasteiger partial charge in [0.05, 0.1) is 10.9 Å². The Morgan fingerprint density at radius 3 is 2.29 bits per heavy atom.